The molecule has 0 radical (unpaired) electrons. The van der Waals surface area contributed by atoms with Crippen molar-refractivity contribution >= 4 is 11.6 Å². The molecule has 0 aromatic heterocycles. The van der Waals surface area contributed by atoms with E-state index in [-0.39, 0.29) is 12.2 Å². The van der Waals surface area contributed by atoms with Gasteiger partial charge in [0.15, 0.2) is 5.96 Å². The Morgan fingerprint density at radius 1 is 1.06 bits per heavy atom. The maximum atomic E-state index is 6.03. The smallest absolute Gasteiger partial charge is 0.194 e. The Labute approximate surface area is 187 Å². The molecule has 3 unspecified atom stereocenters. The highest BCUT2D eigenvalue weighted by Crippen LogP contribution is 2.21. The van der Waals surface area contributed by atoms with Crippen molar-refractivity contribution in [1.82, 2.24) is 15.1 Å². The molecule has 31 heavy (non-hydrogen) atoms. The topological polar surface area (TPSA) is 52.6 Å². The monoisotopic (exact) mass is 429 g/mol. The number of nitrogens with zero attached hydrogens (tertiary/aromatic N) is 4. The number of morpholine rings is 1. The molecule has 3 aliphatic heterocycles. The van der Waals surface area contributed by atoms with Crippen LogP contribution in [-0.4, -0.2) is 99.6 Å². The molecule has 0 spiro atoms. The summed E-state index contributed by atoms with van der Waals surface area (Å²) < 4.78 is 11.9. The lowest BCUT2D eigenvalue weighted by Gasteiger charge is -2.39. The van der Waals surface area contributed by atoms with Gasteiger partial charge in [0, 0.05) is 64.1 Å². The summed E-state index contributed by atoms with van der Waals surface area (Å²) in [5, 5.41) is 3.50. The quantitative estimate of drug-likeness (QED) is 0.552. The molecule has 0 saturated carbocycles. The van der Waals surface area contributed by atoms with E-state index in [1.807, 2.05) is 0 Å². The molecule has 4 rings (SSSR count). The largest absolute Gasteiger partial charge is 0.375 e. The van der Waals surface area contributed by atoms with Gasteiger partial charge in [-0.25, -0.2) is 0 Å². The van der Waals surface area contributed by atoms with Crippen LogP contribution in [0.3, 0.4) is 0 Å². The van der Waals surface area contributed by atoms with Crippen LogP contribution in [0.1, 0.15) is 26.7 Å². The standard InChI is InChI=1S/C24H39N5O2/c1-3-25-24(29-15-17-31-23(19-29)22-10-7-16-30-22)26-18-20(2)27-11-13-28(14-12-27)21-8-5-4-6-9-21/h4-6,8-9,20,22-23H,3,7,10-19H2,1-2H3,(H,25,26). The molecule has 3 saturated heterocycles. The number of para-hydroxylation sites is 1. The number of benzene rings is 1. The fourth-order valence-corrected chi connectivity index (χ4v) is 4.81. The summed E-state index contributed by atoms with van der Waals surface area (Å²) in [4.78, 5) is 12.4. The van der Waals surface area contributed by atoms with Gasteiger partial charge < -0.3 is 24.6 Å². The van der Waals surface area contributed by atoms with Gasteiger partial charge in [-0.05, 0) is 38.8 Å². The van der Waals surface area contributed by atoms with E-state index in [9.17, 15) is 0 Å². The van der Waals surface area contributed by atoms with Crippen LogP contribution in [0.25, 0.3) is 0 Å². The number of guanidine groups is 1. The third kappa shape index (κ3) is 5.90. The van der Waals surface area contributed by atoms with Crippen molar-refractivity contribution in [3.8, 4) is 0 Å². The van der Waals surface area contributed by atoms with Crippen molar-refractivity contribution in [3.63, 3.8) is 0 Å². The molecule has 7 heteroatoms. The first-order valence-corrected chi connectivity index (χ1v) is 12.0. The molecular weight excluding hydrogens is 390 g/mol. The number of hydrogen-bond donors (Lipinski definition) is 1. The lowest BCUT2D eigenvalue weighted by Crippen LogP contribution is -2.54. The van der Waals surface area contributed by atoms with E-state index in [0.717, 1.165) is 84.4 Å². The van der Waals surface area contributed by atoms with Gasteiger partial charge in [-0.15, -0.1) is 0 Å². The molecule has 172 valence electrons. The molecule has 7 nitrogen and oxygen atoms in total. The minimum Gasteiger partial charge on any atom is -0.375 e. The lowest BCUT2D eigenvalue weighted by molar-refractivity contribution is -0.0817. The minimum atomic E-state index is 0.156. The first kappa shape index (κ1) is 22.4. The van der Waals surface area contributed by atoms with E-state index in [1.165, 1.54) is 5.69 Å². The van der Waals surface area contributed by atoms with Gasteiger partial charge >= 0.3 is 0 Å². The Balaban J connectivity index is 1.29. The average Bonchev–Trinajstić information content (AvgIpc) is 3.37. The fourth-order valence-electron chi connectivity index (χ4n) is 4.81. The van der Waals surface area contributed by atoms with Crippen molar-refractivity contribution in [2.75, 3.05) is 70.5 Å². The van der Waals surface area contributed by atoms with Gasteiger partial charge in [-0.1, -0.05) is 18.2 Å². The van der Waals surface area contributed by atoms with Crippen molar-refractivity contribution < 1.29 is 9.47 Å². The molecule has 3 heterocycles. The highest BCUT2D eigenvalue weighted by Gasteiger charge is 2.32. The second-order valence-electron chi connectivity index (χ2n) is 8.81. The number of anilines is 1. The summed E-state index contributed by atoms with van der Waals surface area (Å²) in [6, 6.07) is 11.2. The van der Waals surface area contributed by atoms with Crippen LogP contribution >= 0.6 is 0 Å². The van der Waals surface area contributed by atoms with Gasteiger partial charge in [0.05, 0.1) is 19.3 Å². The lowest BCUT2D eigenvalue weighted by atomic mass is 10.1. The molecule has 0 bridgehead atoms. The van der Waals surface area contributed by atoms with Crippen molar-refractivity contribution in [2.24, 2.45) is 4.99 Å². The summed E-state index contributed by atoms with van der Waals surface area (Å²) in [7, 11) is 0. The normalized spacial score (nSPS) is 26.8. The van der Waals surface area contributed by atoms with E-state index in [0.29, 0.717) is 6.04 Å². The Morgan fingerprint density at radius 3 is 2.55 bits per heavy atom. The van der Waals surface area contributed by atoms with Crippen molar-refractivity contribution in [1.29, 1.82) is 0 Å². The zero-order valence-electron chi connectivity index (χ0n) is 19.2. The molecular formula is C24H39N5O2. The van der Waals surface area contributed by atoms with Gasteiger partial charge in [0.25, 0.3) is 0 Å². The number of nitrogens with one attached hydrogen (secondary N) is 1. The summed E-state index contributed by atoms with van der Waals surface area (Å²) in [6.45, 7) is 13.8. The molecule has 1 aromatic carbocycles. The van der Waals surface area contributed by atoms with E-state index < -0.39 is 0 Å². The summed E-state index contributed by atoms with van der Waals surface area (Å²) >= 11 is 0. The predicted octanol–water partition coefficient (Wildman–Crippen LogP) is 2.04. The third-order valence-electron chi connectivity index (χ3n) is 6.67. The van der Waals surface area contributed by atoms with Crippen molar-refractivity contribution in [3.05, 3.63) is 30.3 Å². The van der Waals surface area contributed by atoms with Gasteiger partial charge in [-0.3, -0.25) is 9.89 Å². The van der Waals surface area contributed by atoms with E-state index in [1.54, 1.807) is 0 Å². The molecule has 0 amide bonds. The van der Waals surface area contributed by atoms with Crippen LogP contribution in [-0.2, 0) is 9.47 Å². The first-order valence-electron chi connectivity index (χ1n) is 12.0. The average molecular weight is 430 g/mol. The maximum absolute atomic E-state index is 6.03. The molecule has 1 aromatic rings. The highest BCUT2D eigenvalue weighted by molar-refractivity contribution is 5.80. The van der Waals surface area contributed by atoms with E-state index in [4.69, 9.17) is 14.5 Å². The van der Waals surface area contributed by atoms with Crippen molar-refractivity contribution in [2.45, 2.75) is 44.9 Å². The second-order valence-corrected chi connectivity index (χ2v) is 8.81. The number of ether oxygens (including phenoxy) is 2. The number of piperazine rings is 1. The van der Waals surface area contributed by atoms with Crippen LogP contribution < -0.4 is 10.2 Å². The summed E-state index contributed by atoms with van der Waals surface area (Å²) in [5.41, 5.74) is 1.33. The zero-order chi connectivity index (χ0) is 21.5. The van der Waals surface area contributed by atoms with Crippen LogP contribution in [0, 0.1) is 0 Å². The number of rotatable bonds is 6. The van der Waals surface area contributed by atoms with Gasteiger partial charge in [-0.2, -0.15) is 0 Å². The molecule has 3 fully saturated rings. The number of aliphatic imine (C=N–C) groups is 1. The van der Waals surface area contributed by atoms with Crippen LogP contribution in [0.15, 0.2) is 35.3 Å². The highest BCUT2D eigenvalue weighted by atomic mass is 16.5. The molecule has 3 aliphatic rings. The summed E-state index contributed by atoms with van der Waals surface area (Å²) in [5.74, 6) is 1.02. The SMILES string of the molecule is CCNC(=NCC(C)N1CCN(c2ccccc2)CC1)N1CCOC(C2CCCO2)C1. The zero-order valence-corrected chi connectivity index (χ0v) is 19.2. The van der Waals surface area contributed by atoms with Crippen LogP contribution in [0.5, 0.6) is 0 Å². The first-order chi connectivity index (χ1) is 15.2. The molecule has 0 aliphatic carbocycles. The molecule has 1 N–H and O–H groups in total. The second kappa shape index (κ2) is 11.2. The molecule has 3 atom stereocenters. The van der Waals surface area contributed by atoms with E-state index in [2.05, 4.69) is 64.2 Å². The van der Waals surface area contributed by atoms with Crippen LogP contribution in [0.2, 0.25) is 0 Å². The Morgan fingerprint density at radius 2 is 1.84 bits per heavy atom. The fraction of sp³-hybridized carbons (Fsp3) is 0.708. The third-order valence-corrected chi connectivity index (χ3v) is 6.67. The van der Waals surface area contributed by atoms with E-state index >= 15 is 0 Å². The Hall–Kier alpha value is -1.83. The minimum absolute atomic E-state index is 0.156. The predicted molar refractivity (Wildman–Crippen MR) is 126 cm³/mol. The van der Waals surface area contributed by atoms with Gasteiger partial charge in [0.2, 0.25) is 0 Å². The Kier molecular flexibility index (Phi) is 8.05. The Bertz CT molecular complexity index is 686. The summed E-state index contributed by atoms with van der Waals surface area (Å²) in [6.07, 6.45) is 2.65. The number of hydrogen-bond acceptors (Lipinski definition) is 5. The van der Waals surface area contributed by atoms with Gasteiger partial charge in [0.1, 0.15) is 6.10 Å². The maximum Gasteiger partial charge on any atom is 0.194 e. The van der Waals surface area contributed by atoms with Crippen LogP contribution in [0.4, 0.5) is 5.69 Å².